The number of Topliss-reactive ketones (excluding diaryl/α,β-unsaturated/α-hetero) is 1. The van der Waals surface area contributed by atoms with Crippen molar-refractivity contribution in [3.63, 3.8) is 0 Å². The molecule has 140 valence electrons. The number of aryl methyl sites for hydroxylation is 1. The minimum atomic E-state index is -1.32. The largest absolute Gasteiger partial charge is 0.454 e. The third kappa shape index (κ3) is 4.47. The quantitative estimate of drug-likeness (QED) is 0.522. The minimum absolute atomic E-state index is 0.215. The maximum atomic E-state index is 12.5. The number of carbonyl (C=O) groups excluding carboxylic acids is 2. The summed E-state index contributed by atoms with van der Waals surface area (Å²) >= 11 is 0. The number of benzene rings is 1. The van der Waals surface area contributed by atoms with Crippen LogP contribution in [-0.2, 0) is 26.8 Å². The molecule has 0 spiro atoms. The lowest BCUT2D eigenvalue weighted by Crippen LogP contribution is -2.16. The Hall–Kier alpha value is -2.25. The highest BCUT2D eigenvalue weighted by atomic mass is 32.2. The van der Waals surface area contributed by atoms with Gasteiger partial charge in [0.1, 0.15) is 0 Å². The van der Waals surface area contributed by atoms with E-state index in [1.807, 2.05) is 18.4 Å². The summed E-state index contributed by atoms with van der Waals surface area (Å²) in [7, 11) is 0.307. The highest BCUT2D eigenvalue weighted by Crippen LogP contribution is 2.17. The summed E-state index contributed by atoms with van der Waals surface area (Å²) in [6, 6.07) is 8.31. The van der Waals surface area contributed by atoms with Crippen LogP contribution in [0.3, 0.4) is 0 Å². The molecule has 0 aliphatic heterocycles. The van der Waals surface area contributed by atoms with Crippen LogP contribution < -0.4 is 0 Å². The molecule has 0 aliphatic rings. The molecule has 1 heterocycles. The van der Waals surface area contributed by atoms with Gasteiger partial charge >= 0.3 is 5.97 Å². The first-order chi connectivity index (χ1) is 12.4. The average Bonchev–Trinajstić information content (AvgIpc) is 2.91. The molecule has 0 saturated carbocycles. The molecule has 1 aromatic heterocycles. The Balaban J connectivity index is 2.10. The minimum Gasteiger partial charge on any atom is -0.454 e. The standard InChI is InChI=1S/C19H23NO5S/c1-13-11-16(14(2)20(13)9-10-24-3)17(21)12-25-19(22)15-7-5-6-8-18(15)26(4)23/h5-8,11H,9-10,12H2,1-4H3/t26-/m1/s1. The highest BCUT2D eigenvalue weighted by Gasteiger charge is 2.19. The van der Waals surface area contributed by atoms with Gasteiger partial charge in [0.25, 0.3) is 0 Å². The molecule has 0 aliphatic carbocycles. The summed E-state index contributed by atoms with van der Waals surface area (Å²) in [5.41, 5.74) is 2.50. The fourth-order valence-corrected chi connectivity index (χ4v) is 3.51. The summed E-state index contributed by atoms with van der Waals surface area (Å²) in [5.74, 6) is -0.928. The molecule has 0 unspecified atom stereocenters. The molecule has 0 N–H and O–H groups in total. The van der Waals surface area contributed by atoms with Gasteiger partial charge in [0.15, 0.2) is 6.61 Å². The van der Waals surface area contributed by atoms with Crippen LogP contribution >= 0.6 is 0 Å². The van der Waals surface area contributed by atoms with Gasteiger partial charge in [-0.25, -0.2) is 4.79 Å². The molecule has 6 nitrogen and oxygen atoms in total. The lowest BCUT2D eigenvalue weighted by Gasteiger charge is -2.09. The van der Waals surface area contributed by atoms with Crippen molar-refractivity contribution in [2.45, 2.75) is 25.3 Å². The van der Waals surface area contributed by atoms with E-state index < -0.39 is 16.8 Å². The number of ketones is 1. The van der Waals surface area contributed by atoms with Crippen molar-refractivity contribution in [1.82, 2.24) is 4.57 Å². The normalized spacial score (nSPS) is 12.0. The van der Waals surface area contributed by atoms with Crippen LogP contribution in [0.1, 0.15) is 32.1 Å². The first-order valence-corrected chi connectivity index (χ1v) is 9.71. The topological polar surface area (TPSA) is 74.6 Å². The number of aromatic nitrogens is 1. The van der Waals surface area contributed by atoms with E-state index in [1.54, 1.807) is 37.4 Å². The molecular weight excluding hydrogens is 354 g/mol. The Morgan fingerprint density at radius 2 is 1.85 bits per heavy atom. The van der Waals surface area contributed by atoms with E-state index in [0.29, 0.717) is 23.6 Å². The summed E-state index contributed by atoms with van der Waals surface area (Å²) in [4.78, 5) is 25.1. The molecule has 7 heteroatoms. The van der Waals surface area contributed by atoms with Crippen molar-refractivity contribution < 1.29 is 23.3 Å². The van der Waals surface area contributed by atoms with Gasteiger partial charge in [0.2, 0.25) is 5.78 Å². The maximum Gasteiger partial charge on any atom is 0.339 e. The van der Waals surface area contributed by atoms with Crippen molar-refractivity contribution in [2.75, 3.05) is 26.6 Å². The Labute approximate surface area is 155 Å². The zero-order chi connectivity index (χ0) is 19.3. The first-order valence-electron chi connectivity index (χ1n) is 8.15. The zero-order valence-electron chi connectivity index (χ0n) is 15.4. The van der Waals surface area contributed by atoms with E-state index in [2.05, 4.69) is 0 Å². The Morgan fingerprint density at radius 1 is 1.15 bits per heavy atom. The van der Waals surface area contributed by atoms with Crippen LogP contribution in [0.2, 0.25) is 0 Å². The van der Waals surface area contributed by atoms with Crippen molar-refractivity contribution in [3.8, 4) is 0 Å². The molecule has 1 aromatic carbocycles. The fraction of sp³-hybridized carbons (Fsp3) is 0.368. The summed E-state index contributed by atoms with van der Waals surface area (Å²) < 4.78 is 24.0. The second-order valence-electron chi connectivity index (χ2n) is 5.88. The Kier molecular flexibility index (Phi) is 6.88. The summed E-state index contributed by atoms with van der Waals surface area (Å²) in [6.45, 7) is 4.60. The first kappa shape index (κ1) is 20.1. The van der Waals surface area contributed by atoms with Gasteiger partial charge in [-0.05, 0) is 32.0 Å². The third-order valence-electron chi connectivity index (χ3n) is 4.14. The molecule has 26 heavy (non-hydrogen) atoms. The number of rotatable bonds is 8. The molecular formula is C19H23NO5S. The fourth-order valence-electron chi connectivity index (χ4n) is 2.78. The van der Waals surface area contributed by atoms with Crippen LogP contribution in [0.25, 0.3) is 0 Å². The molecule has 0 saturated heterocycles. The van der Waals surface area contributed by atoms with Gasteiger partial charge in [0.05, 0.1) is 27.9 Å². The van der Waals surface area contributed by atoms with E-state index in [4.69, 9.17) is 9.47 Å². The molecule has 0 radical (unpaired) electrons. The number of ether oxygens (including phenoxy) is 2. The van der Waals surface area contributed by atoms with Gasteiger partial charge in [-0.1, -0.05) is 12.1 Å². The third-order valence-corrected chi connectivity index (χ3v) is 5.12. The summed E-state index contributed by atoms with van der Waals surface area (Å²) in [5, 5.41) is 0. The smallest absolute Gasteiger partial charge is 0.339 e. The molecule has 0 bridgehead atoms. The van der Waals surface area contributed by atoms with E-state index in [-0.39, 0.29) is 18.0 Å². The van der Waals surface area contributed by atoms with Crippen LogP contribution in [0, 0.1) is 13.8 Å². The van der Waals surface area contributed by atoms with Crippen molar-refractivity contribution in [3.05, 3.63) is 52.8 Å². The number of methoxy groups -OCH3 is 1. The maximum absolute atomic E-state index is 12.5. The Morgan fingerprint density at radius 3 is 2.50 bits per heavy atom. The van der Waals surface area contributed by atoms with Gasteiger partial charge < -0.3 is 14.0 Å². The highest BCUT2D eigenvalue weighted by molar-refractivity contribution is 7.84. The van der Waals surface area contributed by atoms with Crippen LogP contribution in [0.15, 0.2) is 35.2 Å². The average molecular weight is 377 g/mol. The number of esters is 1. The van der Waals surface area contributed by atoms with E-state index in [0.717, 1.165) is 11.4 Å². The van der Waals surface area contributed by atoms with Crippen LogP contribution in [0.4, 0.5) is 0 Å². The monoisotopic (exact) mass is 377 g/mol. The van der Waals surface area contributed by atoms with Gasteiger partial charge in [0, 0.05) is 36.9 Å². The van der Waals surface area contributed by atoms with Crippen molar-refractivity contribution in [1.29, 1.82) is 0 Å². The molecule has 1 atom stereocenters. The zero-order valence-corrected chi connectivity index (χ0v) is 16.2. The predicted octanol–water partition coefficient (Wildman–Crippen LogP) is 2.53. The molecule has 0 amide bonds. The van der Waals surface area contributed by atoms with Gasteiger partial charge in [-0.2, -0.15) is 0 Å². The number of hydrogen-bond donors (Lipinski definition) is 0. The number of nitrogens with zero attached hydrogens (tertiary/aromatic N) is 1. The molecule has 2 rings (SSSR count). The lowest BCUT2D eigenvalue weighted by atomic mass is 10.1. The van der Waals surface area contributed by atoms with Crippen molar-refractivity contribution in [2.24, 2.45) is 0 Å². The van der Waals surface area contributed by atoms with Gasteiger partial charge in [-0.3, -0.25) is 9.00 Å². The van der Waals surface area contributed by atoms with E-state index >= 15 is 0 Å². The number of carbonyl (C=O) groups is 2. The summed E-state index contributed by atoms with van der Waals surface area (Å²) in [6.07, 6.45) is 1.49. The Bertz CT molecular complexity index is 840. The second kappa shape index (κ2) is 8.91. The second-order valence-corrected chi connectivity index (χ2v) is 7.23. The number of hydrogen-bond acceptors (Lipinski definition) is 5. The lowest BCUT2D eigenvalue weighted by molar-refractivity contribution is 0.0471. The van der Waals surface area contributed by atoms with Crippen LogP contribution in [0.5, 0.6) is 0 Å². The van der Waals surface area contributed by atoms with Gasteiger partial charge in [-0.15, -0.1) is 0 Å². The van der Waals surface area contributed by atoms with E-state index in [1.165, 1.54) is 6.26 Å². The van der Waals surface area contributed by atoms with Crippen LogP contribution in [-0.4, -0.2) is 47.1 Å². The molecule has 2 aromatic rings. The SMILES string of the molecule is COCCn1c(C)cc(C(=O)COC(=O)c2ccccc2[S@@](C)=O)c1C. The predicted molar refractivity (Wildman–Crippen MR) is 99.2 cm³/mol. The molecule has 0 fully saturated rings. The van der Waals surface area contributed by atoms with Crippen molar-refractivity contribution >= 4 is 22.6 Å². The van der Waals surface area contributed by atoms with E-state index in [9.17, 15) is 13.8 Å².